The molecule has 0 aliphatic heterocycles. The number of para-hydroxylation sites is 1. The molecule has 6 aromatic carbocycles. The fourth-order valence-corrected chi connectivity index (χ4v) is 6.84. The predicted octanol–water partition coefficient (Wildman–Crippen LogP) is 10.7. The first-order chi connectivity index (χ1) is 19.8. The van der Waals surface area contributed by atoms with Gasteiger partial charge in [-0.05, 0) is 62.9 Å². The molecule has 1 aliphatic carbocycles. The molecule has 0 bridgehead atoms. The molecule has 0 spiro atoms. The predicted molar refractivity (Wildman–Crippen MR) is 169 cm³/mol. The van der Waals surface area contributed by atoms with Crippen molar-refractivity contribution in [2.45, 2.75) is 12.8 Å². The molecule has 0 amide bonds. The summed E-state index contributed by atoms with van der Waals surface area (Å²) in [6.07, 6.45) is 6.48. The summed E-state index contributed by atoms with van der Waals surface area (Å²) < 4.78 is 6.31. The Hall–Kier alpha value is -5.08. The van der Waals surface area contributed by atoms with Gasteiger partial charge in [0.05, 0.1) is 5.52 Å². The first-order valence-corrected chi connectivity index (χ1v) is 14.0. The van der Waals surface area contributed by atoms with Crippen LogP contribution in [-0.2, 0) is 6.42 Å². The maximum Gasteiger partial charge on any atom is 0.135 e. The van der Waals surface area contributed by atoms with Crippen LogP contribution in [0.1, 0.15) is 17.7 Å². The van der Waals surface area contributed by atoms with Crippen molar-refractivity contribution < 1.29 is 4.42 Å². The quantitative estimate of drug-likeness (QED) is 0.246. The monoisotopic (exact) mass is 511 g/mol. The highest BCUT2D eigenvalue weighted by atomic mass is 16.3. The fraction of sp³-hybridized carbons (Fsp3) is 0.0526. The lowest BCUT2D eigenvalue weighted by Gasteiger charge is -2.12. The van der Waals surface area contributed by atoms with Crippen molar-refractivity contribution in [3.8, 4) is 22.3 Å². The van der Waals surface area contributed by atoms with Crippen LogP contribution in [0.5, 0.6) is 0 Å². The van der Waals surface area contributed by atoms with E-state index in [1.54, 1.807) is 0 Å². The fourth-order valence-electron chi connectivity index (χ4n) is 6.84. The minimum Gasteiger partial charge on any atom is -0.460 e. The molecule has 2 nitrogen and oxygen atoms in total. The average Bonchev–Trinajstić information content (AvgIpc) is 3.58. The Kier molecular flexibility index (Phi) is 4.48. The molecule has 2 aromatic heterocycles. The van der Waals surface area contributed by atoms with Crippen molar-refractivity contribution >= 4 is 60.4 Å². The van der Waals surface area contributed by atoms with E-state index in [0.717, 1.165) is 24.2 Å². The van der Waals surface area contributed by atoms with Gasteiger partial charge < -0.3 is 9.40 Å². The van der Waals surface area contributed by atoms with Gasteiger partial charge in [-0.25, -0.2) is 0 Å². The minimum atomic E-state index is 0.970. The molecule has 0 fully saturated rings. The molecule has 40 heavy (non-hydrogen) atoms. The van der Waals surface area contributed by atoms with Gasteiger partial charge in [0.1, 0.15) is 11.3 Å². The van der Waals surface area contributed by atoms with Gasteiger partial charge in [-0.3, -0.25) is 0 Å². The second-order valence-electron chi connectivity index (χ2n) is 10.9. The van der Waals surface area contributed by atoms with Crippen LogP contribution in [0.3, 0.4) is 0 Å². The van der Waals surface area contributed by atoms with Crippen molar-refractivity contribution in [1.82, 2.24) is 4.98 Å². The molecule has 2 heteroatoms. The maximum absolute atomic E-state index is 6.31. The molecular formula is C38H25NO. The molecule has 1 aliphatic rings. The van der Waals surface area contributed by atoms with Crippen LogP contribution in [0.15, 0.2) is 120 Å². The van der Waals surface area contributed by atoms with Crippen LogP contribution in [0.25, 0.3) is 82.6 Å². The van der Waals surface area contributed by atoms with E-state index in [4.69, 9.17) is 4.42 Å². The number of benzene rings is 6. The van der Waals surface area contributed by atoms with E-state index in [9.17, 15) is 0 Å². The Labute approximate surface area is 231 Å². The standard InChI is InChI=1S/C38H25NO/c1-2-9-26-23(8-1)19-21-34-37(26)33-16-7-15-32(38(33)39-34)29-14-6-12-27-25(11-5-13-28(27)29)24-18-20-31-30-10-3-4-17-35(30)40-36(31)22-24/h1-3,5-16,18-22,39H,4,17H2. The minimum absolute atomic E-state index is 0.970. The Bertz CT molecular complexity index is 2330. The molecule has 0 unspecified atom stereocenters. The summed E-state index contributed by atoms with van der Waals surface area (Å²) in [6.45, 7) is 0. The Morgan fingerprint density at radius 3 is 2.30 bits per heavy atom. The lowest BCUT2D eigenvalue weighted by molar-refractivity contribution is 0.546. The smallest absolute Gasteiger partial charge is 0.135 e. The third-order valence-corrected chi connectivity index (χ3v) is 8.67. The number of rotatable bonds is 2. The van der Waals surface area contributed by atoms with Crippen LogP contribution < -0.4 is 0 Å². The number of aryl methyl sites for hydroxylation is 1. The number of furan rings is 1. The second-order valence-corrected chi connectivity index (χ2v) is 10.9. The highest BCUT2D eigenvalue weighted by Gasteiger charge is 2.17. The molecule has 188 valence electrons. The van der Waals surface area contributed by atoms with Crippen LogP contribution in [0, 0.1) is 0 Å². The van der Waals surface area contributed by atoms with Gasteiger partial charge in [-0.1, -0.05) is 103 Å². The van der Waals surface area contributed by atoms with Gasteiger partial charge in [0.25, 0.3) is 0 Å². The number of nitrogens with one attached hydrogen (secondary N) is 1. The summed E-state index contributed by atoms with van der Waals surface area (Å²) in [5.74, 6) is 1.11. The Morgan fingerprint density at radius 2 is 1.38 bits per heavy atom. The van der Waals surface area contributed by atoms with E-state index in [2.05, 4.69) is 126 Å². The zero-order chi connectivity index (χ0) is 26.2. The number of fused-ring (bicyclic) bond motifs is 9. The average molecular weight is 512 g/mol. The summed E-state index contributed by atoms with van der Waals surface area (Å²) in [5.41, 5.74) is 9.43. The van der Waals surface area contributed by atoms with E-state index < -0.39 is 0 Å². The number of aromatic nitrogens is 1. The zero-order valence-corrected chi connectivity index (χ0v) is 21.9. The van der Waals surface area contributed by atoms with Gasteiger partial charge in [0, 0.05) is 39.2 Å². The molecule has 1 N–H and O–H groups in total. The summed E-state index contributed by atoms with van der Waals surface area (Å²) in [6, 6.07) is 39.8. The Morgan fingerprint density at radius 1 is 0.600 bits per heavy atom. The third kappa shape index (κ3) is 3.05. The molecule has 0 atom stereocenters. The van der Waals surface area contributed by atoms with E-state index in [-0.39, 0.29) is 0 Å². The van der Waals surface area contributed by atoms with Crippen molar-refractivity contribution in [2.75, 3.05) is 0 Å². The molecule has 0 radical (unpaired) electrons. The van der Waals surface area contributed by atoms with E-state index >= 15 is 0 Å². The van der Waals surface area contributed by atoms with Crippen molar-refractivity contribution in [2.24, 2.45) is 0 Å². The van der Waals surface area contributed by atoms with Crippen LogP contribution in [0.2, 0.25) is 0 Å². The van der Waals surface area contributed by atoms with Crippen molar-refractivity contribution in [1.29, 1.82) is 0 Å². The SMILES string of the molecule is C1=Cc2c(oc3cc(-c4cccc5c(-c6cccc7c6[nH]c6ccc8ccccc8c67)cccc45)ccc23)CC1. The lowest BCUT2D eigenvalue weighted by atomic mass is 9.91. The summed E-state index contributed by atoms with van der Waals surface area (Å²) in [5, 5.41) is 8.80. The van der Waals surface area contributed by atoms with Crippen LogP contribution in [-0.4, -0.2) is 4.98 Å². The first kappa shape index (κ1) is 21.8. The molecular weight excluding hydrogens is 486 g/mol. The van der Waals surface area contributed by atoms with Crippen molar-refractivity contribution in [3.05, 3.63) is 127 Å². The van der Waals surface area contributed by atoms with E-state index in [1.165, 1.54) is 76.6 Å². The maximum atomic E-state index is 6.31. The third-order valence-electron chi connectivity index (χ3n) is 8.67. The van der Waals surface area contributed by atoms with E-state index in [0.29, 0.717) is 0 Å². The highest BCUT2D eigenvalue weighted by molar-refractivity contribution is 6.23. The topological polar surface area (TPSA) is 28.9 Å². The summed E-state index contributed by atoms with van der Waals surface area (Å²) in [4.78, 5) is 3.77. The highest BCUT2D eigenvalue weighted by Crippen LogP contribution is 2.41. The zero-order valence-electron chi connectivity index (χ0n) is 21.9. The summed E-state index contributed by atoms with van der Waals surface area (Å²) >= 11 is 0. The number of H-pyrrole nitrogens is 1. The second kappa shape index (κ2) is 8.21. The molecule has 0 saturated carbocycles. The number of allylic oxidation sites excluding steroid dienone is 1. The van der Waals surface area contributed by atoms with E-state index in [1.807, 2.05) is 0 Å². The van der Waals surface area contributed by atoms with Gasteiger partial charge in [0.2, 0.25) is 0 Å². The number of hydrogen-bond donors (Lipinski definition) is 1. The van der Waals surface area contributed by atoms with Crippen LogP contribution in [0.4, 0.5) is 0 Å². The van der Waals surface area contributed by atoms with Gasteiger partial charge >= 0.3 is 0 Å². The van der Waals surface area contributed by atoms with Crippen molar-refractivity contribution in [3.63, 3.8) is 0 Å². The molecule has 8 aromatic rings. The number of hydrogen-bond acceptors (Lipinski definition) is 1. The largest absolute Gasteiger partial charge is 0.460 e. The van der Waals surface area contributed by atoms with Gasteiger partial charge in [-0.15, -0.1) is 0 Å². The normalized spacial score (nSPS) is 13.2. The number of aromatic amines is 1. The van der Waals surface area contributed by atoms with Gasteiger partial charge in [-0.2, -0.15) is 0 Å². The molecule has 0 saturated heterocycles. The summed E-state index contributed by atoms with van der Waals surface area (Å²) in [7, 11) is 0. The Balaban J connectivity index is 1.26. The van der Waals surface area contributed by atoms with Crippen LogP contribution >= 0.6 is 0 Å². The molecule has 2 heterocycles. The lowest BCUT2D eigenvalue weighted by Crippen LogP contribution is -1.88. The first-order valence-electron chi connectivity index (χ1n) is 14.0. The van der Waals surface area contributed by atoms with Gasteiger partial charge in [0.15, 0.2) is 0 Å². The molecule has 9 rings (SSSR count).